The number of carbonyl (C=O) groups excluding carboxylic acids is 6. The normalized spacial score (nSPS) is 10.6. The second-order valence-corrected chi connectivity index (χ2v) is 12.9. The van der Waals surface area contributed by atoms with Crippen molar-refractivity contribution in [3.63, 3.8) is 0 Å². The van der Waals surface area contributed by atoms with Crippen LogP contribution in [0.15, 0.2) is 0 Å². The molecular formula is C16H24O9Sn. The fourth-order valence-corrected chi connectivity index (χ4v) is 8.91. The summed E-state index contributed by atoms with van der Waals surface area (Å²) in [5.41, 5.74) is 0. The van der Waals surface area contributed by atoms with Gasteiger partial charge >= 0.3 is 157 Å². The first kappa shape index (κ1) is 24.2. The van der Waals surface area contributed by atoms with E-state index in [1.165, 1.54) is 20.8 Å². The first-order valence-corrected chi connectivity index (χ1v) is 13.6. The Morgan fingerprint density at radius 1 is 0.654 bits per heavy atom. The van der Waals surface area contributed by atoms with E-state index in [2.05, 4.69) is 0 Å². The van der Waals surface area contributed by atoms with E-state index in [0.717, 1.165) is 0 Å². The summed E-state index contributed by atoms with van der Waals surface area (Å²) in [7, 11) is 0. The summed E-state index contributed by atoms with van der Waals surface area (Å²) in [4.78, 5) is 69.1. The van der Waals surface area contributed by atoms with Crippen LogP contribution in [0.4, 0.5) is 0 Å². The second kappa shape index (κ2) is 11.8. The molecule has 0 bridgehead atoms. The van der Waals surface area contributed by atoms with E-state index in [4.69, 9.17) is 9.22 Å². The number of hydrogen-bond donors (Lipinski definition) is 0. The molecule has 0 saturated carbocycles. The maximum absolute atomic E-state index is 11.9. The van der Waals surface area contributed by atoms with Crippen molar-refractivity contribution >= 4 is 54.9 Å². The Kier molecular flexibility index (Phi) is 11.0. The predicted octanol–water partition coefficient (Wildman–Crippen LogP) is 1.29. The molecule has 0 aliphatic rings. The van der Waals surface area contributed by atoms with Crippen molar-refractivity contribution in [1.29, 1.82) is 0 Å². The molecule has 0 amide bonds. The molecule has 0 aromatic carbocycles. The summed E-state index contributed by atoms with van der Waals surface area (Å²) in [5.74, 6) is -4.36. The fourth-order valence-electron chi connectivity index (χ4n) is 1.85. The van der Waals surface area contributed by atoms with Gasteiger partial charge in [0.1, 0.15) is 0 Å². The van der Waals surface area contributed by atoms with Gasteiger partial charge in [-0.25, -0.2) is 0 Å². The van der Waals surface area contributed by atoms with E-state index in [-0.39, 0.29) is 4.44 Å². The van der Waals surface area contributed by atoms with Gasteiger partial charge in [-0.05, 0) is 0 Å². The summed E-state index contributed by atoms with van der Waals surface area (Å²) in [6, 6.07) is 0. The molecule has 26 heavy (non-hydrogen) atoms. The fraction of sp³-hybridized carbons (Fsp3) is 0.625. The summed E-state index contributed by atoms with van der Waals surface area (Å²) >= 11 is -5.12. The van der Waals surface area contributed by atoms with Crippen LogP contribution < -0.4 is 0 Å². The topological polar surface area (TPSA) is 130 Å². The zero-order chi connectivity index (χ0) is 20.3. The van der Waals surface area contributed by atoms with E-state index in [1.54, 1.807) is 0 Å². The molecule has 9 nitrogen and oxygen atoms in total. The Bertz CT molecular complexity index is 508. The molecule has 146 valence electrons. The molecular weight excluding hydrogens is 455 g/mol. The quantitative estimate of drug-likeness (QED) is 0.300. The van der Waals surface area contributed by atoms with Crippen LogP contribution in [0, 0.1) is 0 Å². The van der Waals surface area contributed by atoms with E-state index in [1.807, 2.05) is 6.92 Å². The molecule has 0 heterocycles. The molecule has 0 spiro atoms. The number of carbonyl (C=O) groups is 6. The SMILES string of the molecule is CCC[CH2][Sn]([O]C(=O)CC(C)=O)([O]C(=O)CC(C)=O)[O]C(=O)CC(C)=O. The van der Waals surface area contributed by atoms with Crippen LogP contribution in [0.5, 0.6) is 0 Å². The second-order valence-electron chi connectivity index (χ2n) is 5.85. The van der Waals surface area contributed by atoms with Gasteiger partial charge in [0.2, 0.25) is 0 Å². The van der Waals surface area contributed by atoms with E-state index < -0.39 is 74.1 Å². The standard InChI is InChI=1S/3C4H6O3.C4H9.Sn/c3*1-3(5)2-4(6)7;1-3-4-2;/h3*2H2,1H3,(H,6,7);1,3-4H2,2H3;/q;;;;+3/p-3. The molecule has 0 radical (unpaired) electrons. The molecule has 0 aromatic rings. The minimum atomic E-state index is -5.12. The van der Waals surface area contributed by atoms with Gasteiger partial charge in [0.05, 0.1) is 0 Å². The first-order valence-electron chi connectivity index (χ1n) is 8.13. The van der Waals surface area contributed by atoms with Gasteiger partial charge in [-0.15, -0.1) is 0 Å². The third-order valence-electron chi connectivity index (χ3n) is 2.82. The van der Waals surface area contributed by atoms with Crippen molar-refractivity contribution in [2.75, 3.05) is 0 Å². The van der Waals surface area contributed by atoms with Gasteiger partial charge < -0.3 is 0 Å². The van der Waals surface area contributed by atoms with Crippen LogP contribution in [0.2, 0.25) is 4.44 Å². The van der Waals surface area contributed by atoms with Crippen molar-refractivity contribution in [2.45, 2.75) is 64.2 Å². The summed E-state index contributed by atoms with van der Waals surface area (Å²) in [5, 5.41) is 0. The molecule has 0 aliphatic carbocycles. The molecule has 0 atom stereocenters. The molecule has 0 saturated heterocycles. The number of ketones is 3. The van der Waals surface area contributed by atoms with Crippen molar-refractivity contribution in [3.05, 3.63) is 0 Å². The zero-order valence-corrected chi connectivity index (χ0v) is 18.3. The van der Waals surface area contributed by atoms with Gasteiger partial charge in [-0.2, -0.15) is 0 Å². The van der Waals surface area contributed by atoms with E-state index in [9.17, 15) is 28.8 Å². The number of unbranched alkanes of at least 4 members (excludes halogenated alkanes) is 1. The zero-order valence-electron chi connectivity index (χ0n) is 15.4. The third-order valence-corrected chi connectivity index (χ3v) is 10.2. The Morgan fingerprint density at radius 3 is 1.19 bits per heavy atom. The Morgan fingerprint density at radius 2 is 0.962 bits per heavy atom. The van der Waals surface area contributed by atoms with Crippen LogP contribution >= 0.6 is 0 Å². The summed E-state index contributed by atoms with van der Waals surface area (Å²) in [6.45, 7) is 5.35. The molecule has 0 aromatic heterocycles. The first-order chi connectivity index (χ1) is 12.0. The van der Waals surface area contributed by atoms with Gasteiger partial charge in [-0.3, -0.25) is 0 Å². The molecule has 0 fully saturated rings. The Hall–Kier alpha value is -1.78. The average molecular weight is 479 g/mol. The van der Waals surface area contributed by atoms with Gasteiger partial charge in [0, 0.05) is 0 Å². The predicted molar refractivity (Wildman–Crippen MR) is 89.6 cm³/mol. The molecule has 10 heteroatoms. The third kappa shape index (κ3) is 11.0. The molecule has 0 N–H and O–H groups in total. The molecule has 0 unspecified atom stereocenters. The van der Waals surface area contributed by atoms with Gasteiger partial charge in [-0.1, -0.05) is 0 Å². The number of hydrogen-bond acceptors (Lipinski definition) is 9. The van der Waals surface area contributed by atoms with Gasteiger partial charge in [0.15, 0.2) is 0 Å². The number of rotatable bonds is 12. The van der Waals surface area contributed by atoms with Crippen molar-refractivity contribution in [1.82, 2.24) is 0 Å². The van der Waals surface area contributed by atoms with Crippen molar-refractivity contribution < 1.29 is 38.0 Å². The van der Waals surface area contributed by atoms with E-state index in [0.29, 0.717) is 12.8 Å². The maximum atomic E-state index is 11.9. The average Bonchev–Trinajstić information content (AvgIpc) is 2.41. The van der Waals surface area contributed by atoms with Crippen LogP contribution in [0.1, 0.15) is 59.8 Å². The van der Waals surface area contributed by atoms with Crippen molar-refractivity contribution in [2.24, 2.45) is 0 Å². The van der Waals surface area contributed by atoms with Crippen LogP contribution in [0.25, 0.3) is 0 Å². The minimum absolute atomic E-state index is 0.00210. The van der Waals surface area contributed by atoms with Gasteiger partial charge in [0.25, 0.3) is 0 Å². The van der Waals surface area contributed by atoms with Crippen LogP contribution in [-0.4, -0.2) is 54.9 Å². The number of Topliss-reactive ketones (excluding diaryl/α,β-unsaturated/α-hetero) is 3. The van der Waals surface area contributed by atoms with Crippen molar-refractivity contribution in [3.8, 4) is 0 Å². The molecule has 0 aliphatic heterocycles. The Balaban J connectivity index is 5.58. The Labute approximate surface area is 157 Å². The monoisotopic (exact) mass is 480 g/mol. The molecule has 0 rings (SSSR count). The summed E-state index contributed by atoms with van der Waals surface area (Å²) < 4.78 is 15.6. The van der Waals surface area contributed by atoms with E-state index >= 15 is 0 Å². The van der Waals surface area contributed by atoms with Crippen LogP contribution in [-0.2, 0) is 38.0 Å². The summed E-state index contributed by atoms with van der Waals surface area (Å²) in [6.07, 6.45) is -0.667. The van der Waals surface area contributed by atoms with Crippen LogP contribution in [0.3, 0.4) is 0 Å².